The van der Waals surface area contributed by atoms with Crippen LogP contribution in [-0.2, 0) is 24.1 Å². The van der Waals surface area contributed by atoms with Gasteiger partial charge in [0.2, 0.25) is 0 Å². The number of guanidine groups is 1. The van der Waals surface area contributed by atoms with Crippen LogP contribution in [0, 0.1) is 0 Å². The van der Waals surface area contributed by atoms with Gasteiger partial charge in [0.15, 0.2) is 5.96 Å². The minimum atomic E-state index is -0.243. The largest absolute Gasteiger partial charge is 0.453 e. The molecule has 2 aliphatic heterocycles. The minimum Gasteiger partial charge on any atom is -0.453 e. The lowest BCUT2D eigenvalue weighted by Crippen LogP contribution is -2.49. The average molecular weight is 392 g/mol. The van der Waals surface area contributed by atoms with E-state index >= 15 is 0 Å². The molecule has 0 atom stereocenters. The van der Waals surface area contributed by atoms with Crippen LogP contribution in [0.1, 0.15) is 50.2 Å². The lowest BCUT2D eigenvalue weighted by molar-refractivity contribution is 0.111. The third-order valence-corrected chi connectivity index (χ3v) is 5.55. The molecule has 0 bridgehead atoms. The molecule has 28 heavy (non-hydrogen) atoms. The zero-order valence-corrected chi connectivity index (χ0v) is 17.1. The number of piperidine rings is 1. The van der Waals surface area contributed by atoms with Crippen molar-refractivity contribution in [3.63, 3.8) is 0 Å². The summed E-state index contributed by atoms with van der Waals surface area (Å²) in [5, 5.41) is 15.6. The number of amides is 1. The van der Waals surface area contributed by atoms with Crippen molar-refractivity contribution < 1.29 is 9.53 Å². The fourth-order valence-corrected chi connectivity index (χ4v) is 3.91. The first-order valence-electron chi connectivity index (χ1n) is 10.4. The lowest BCUT2D eigenvalue weighted by Gasteiger charge is -2.32. The molecule has 156 valence electrons. The van der Waals surface area contributed by atoms with Gasteiger partial charge in [0.05, 0.1) is 7.11 Å². The summed E-state index contributed by atoms with van der Waals surface area (Å²) in [7, 11) is 3.21. The van der Waals surface area contributed by atoms with Gasteiger partial charge in [0.25, 0.3) is 0 Å². The first kappa shape index (κ1) is 20.4. The first-order valence-corrected chi connectivity index (χ1v) is 10.4. The van der Waals surface area contributed by atoms with Gasteiger partial charge in [-0.25, -0.2) is 4.79 Å². The third kappa shape index (κ3) is 5.36. The van der Waals surface area contributed by atoms with Crippen molar-refractivity contribution in [2.75, 3.05) is 33.8 Å². The second-order valence-corrected chi connectivity index (χ2v) is 7.47. The van der Waals surface area contributed by atoms with Crippen LogP contribution in [0.5, 0.6) is 0 Å². The molecule has 0 saturated carbocycles. The van der Waals surface area contributed by atoms with Gasteiger partial charge >= 0.3 is 6.09 Å². The SMILES string of the molecule is CN=C(NCCCc1nnc2n1CCCCC2)NC1CCN(C(=O)OC)CC1. The molecule has 1 aromatic heterocycles. The molecule has 0 aromatic carbocycles. The molecule has 0 unspecified atom stereocenters. The molecule has 9 heteroatoms. The summed E-state index contributed by atoms with van der Waals surface area (Å²) in [6, 6.07) is 0.319. The maximum atomic E-state index is 11.6. The fraction of sp³-hybridized carbons (Fsp3) is 0.789. The second-order valence-electron chi connectivity index (χ2n) is 7.47. The summed E-state index contributed by atoms with van der Waals surface area (Å²) < 4.78 is 7.10. The highest BCUT2D eigenvalue weighted by molar-refractivity contribution is 5.80. The number of carbonyl (C=O) groups is 1. The molecular formula is C19H33N7O2. The maximum absolute atomic E-state index is 11.6. The number of hydrogen-bond donors (Lipinski definition) is 2. The van der Waals surface area contributed by atoms with Crippen LogP contribution >= 0.6 is 0 Å². The Hall–Kier alpha value is -2.32. The van der Waals surface area contributed by atoms with E-state index in [1.54, 1.807) is 11.9 Å². The number of ether oxygens (including phenoxy) is 1. The molecule has 1 amide bonds. The number of likely N-dealkylation sites (tertiary alicyclic amines) is 1. The Morgan fingerprint density at radius 1 is 1.21 bits per heavy atom. The van der Waals surface area contributed by atoms with Gasteiger partial charge in [-0.2, -0.15) is 0 Å². The number of aromatic nitrogens is 3. The summed E-state index contributed by atoms with van der Waals surface area (Å²) in [5.41, 5.74) is 0. The average Bonchev–Trinajstić information content (AvgIpc) is 2.95. The maximum Gasteiger partial charge on any atom is 0.409 e. The Bertz CT molecular complexity index is 665. The van der Waals surface area contributed by atoms with E-state index in [1.165, 1.54) is 26.4 Å². The Morgan fingerprint density at radius 2 is 2.04 bits per heavy atom. The highest BCUT2D eigenvalue weighted by Gasteiger charge is 2.23. The summed E-state index contributed by atoms with van der Waals surface area (Å²) >= 11 is 0. The van der Waals surface area contributed by atoms with E-state index < -0.39 is 0 Å². The van der Waals surface area contributed by atoms with Gasteiger partial charge in [-0.05, 0) is 32.1 Å². The molecule has 9 nitrogen and oxygen atoms in total. The number of fused-ring (bicyclic) bond motifs is 1. The van der Waals surface area contributed by atoms with Crippen LogP contribution in [-0.4, -0.2) is 71.6 Å². The van der Waals surface area contributed by atoms with Crippen LogP contribution in [0.3, 0.4) is 0 Å². The van der Waals surface area contributed by atoms with Crippen LogP contribution in [0.4, 0.5) is 4.79 Å². The molecule has 3 heterocycles. The zero-order valence-electron chi connectivity index (χ0n) is 17.1. The van der Waals surface area contributed by atoms with Crippen molar-refractivity contribution in [1.82, 2.24) is 30.3 Å². The summed E-state index contributed by atoms with van der Waals surface area (Å²) in [6.45, 7) is 3.31. The Balaban J connectivity index is 1.37. The first-order chi connectivity index (χ1) is 13.7. The van der Waals surface area contributed by atoms with Gasteiger partial charge in [-0.15, -0.1) is 10.2 Å². The topological polar surface area (TPSA) is 96.7 Å². The van der Waals surface area contributed by atoms with Gasteiger partial charge < -0.3 is 24.8 Å². The molecular weight excluding hydrogens is 358 g/mol. The predicted molar refractivity (Wildman–Crippen MR) is 107 cm³/mol. The Kier molecular flexibility index (Phi) is 7.50. The normalized spacial score (nSPS) is 18.4. The van der Waals surface area contributed by atoms with Crippen molar-refractivity contribution in [3.05, 3.63) is 11.6 Å². The van der Waals surface area contributed by atoms with Crippen LogP contribution < -0.4 is 10.6 Å². The second kappa shape index (κ2) is 10.3. The van der Waals surface area contributed by atoms with Crippen LogP contribution in [0.2, 0.25) is 0 Å². The fourth-order valence-electron chi connectivity index (χ4n) is 3.91. The minimum absolute atomic E-state index is 0.243. The monoisotopic (exact) mass is 391 g/mol. The molecule has 1 aromatic rings. The molecule has 3 rings (SSSR count). The van der Waals surface area contributed by atoms with E-state index in [4.69, 9.17) is 4.74 Å². The highest BCUT2D eigenvalue weighted by atomic mass is 16.5. The van der Waals surface area contributed by atoms with Gasteiger partial charge in [0.1, 0.15) is 11.6 Å². The van der Waals surface area contributed by atoms with Crippen LogP contribution in [0.25, 0.3) is 0 Å². The number of carbonyl (C=O) groups excluding carboxylic acids is 1. The molecule has 0 radical (unpaired) electrons. The predicted octanol–water partition coefficient (Wildman–Crippen LogP) is 1.33. The van der Waals surface area contributed by atoms with E-state index in [0.717, 1.165) is 62.8 Å². The molecule has 0 aliphatic carbocycles. The highest BCUT2D eigenvalue weighted by Crippen LogP contribution is 2.15. The van der Waals surface area contributed by atoms with E-state index in [-0.39, 0.29) is 6.09 Å². The number of methoxy groups -OCH3 is 1. The van der Waals surface area contributed by atoms with Crippen LogP contribution in [0.15, 0.2) is 4.99 Å². The molecule has 2 N–H and O–H groups in total. The Morgan fingerprint density at radius 3 is 2.79 bits per heavy atom. The number of aryl methyl sites for hydroxylation is 2. The molecule has 1 fully saturated rings. The molecule has 0 spiro atoms. The van der Waals surface area contributed by atoms with Crippen molar-refractivity contribution in [3.8, 4) is 0 Å². The number of aliphatic imine (C=N–C) groups is 1. The Labute approximate surface area is 166 Å². The summed E-state index contributed by atoms with van der Waals surface area (Å²) in [4.78, 5) is 17.6. The smallest absolute Gasteiger partial charge is 0.409 e. The number of hydrogen-bond acceptors (Lipinski definition) is 5. The van der Waals surface area contributed by atoms with Gasteiger partial charge in [0, 0.05) is 52.1 Å². The number of rotatable bonds is 5. The number of nitrogens with one attached hydrogen (secondary N) is 2. The summed E-state index contributed by atoms with van der Waals surface area (Å²) in [6.07, 6.45) is 8.23. The van der Waals surface area contributed by atoms with Crippen molar-refractivity contribution in [1.29, 1.82) is 0 Å². The van der Waals surface area contributed by atoms with Gasteiger partial charge in [-0.1, -0.05) is 6.42 Å². The summed E-state index contributed by atoms with van der Waals surface area (Å²) in [5.74, 6) is 3.07. The zero-order chi connectivity index (χ0) is 19.8. The number of nitrogens with zero attached hydrogens (tertiary/aromatic N) is 5. The molecule has 1 saturated heterocycles. The quantitative estimate of drug-likeness (QED) is 0.447. The third-order valence-electron chi connectivity index (χ3n) is 5.55. The van der Waals surface area contributed by atoms with Gasteiger partial charge in [-0.3, -0.25) is 4.99 Å². The molecule has 2 aliphatic rings. The standard InChI is InChI=1S/C19H33N7O2/c1-20-18(22-15-9-13-25(14-10-15)19(27)28-2)21-11-6-8-17-24-23-16-7-4-3-5-12-26(16)17/h15H,3-14H2,1-2H3,(H2,20,21,22). The van der Waals surface area contributed by atoms with E-state index in [2.05, 4.69) is 30.4 Å². The van der Waals surface area contributed by atoms with E-state index in [9.17, 15) is 4.79 Å². The van der Waals surface area contributed by atoms with Crippen molar-refractivity contribution in [2.24, 2.45) is 4.99 Å². The van der Waals surface area contributed by atoms with E-state index in [1.807, 2.05) is 0 Å². The van der Waals surface area contributed by atoms with Crippen molar-refractivity contribution >= 4 is 12.1 Å². The lowest BCUT2D eigenvalue weighted by atomic mass is 10.1. The van der Waals surface area contributed by atoms with E-state index in [0.29, 0.717) is 19.1 Å². The van der Waals surface area contributed by atoms with Crippen molar-refractivity contribution in [2.45, 2.75) is 64.0 Å².